The fraction of sp³-hybridized carbons (Fsp3) is 0.0714. The van der Waals surface area contributed by atoms with Gasteiger partial charge in [0.15, 0.2) is 11.3 Å². The monoisotopic (exact) mass is 309 g/mol. The SMILES string of the molecule is O=c1cc(C(F)(F)F)n2nc(-c3ccc(F)cc3)ccc2n1. The zero-order chi connectivity index (χ0) is 15.9. The molecule has 0 spiro atoms. The molecule has 8 heteroatoms. The van der Waals surface area contributed by atoms with E-state index in [-0.39, 0.29) is 11.3 Å². The van der Waals surface area contributed by atoms with Crippen LogP contribution in [0.2, 0.25) is 0 Å². The Morgan fingerprint density at radius 3 is 2.32 bits per heavy atom. The molecule has 3 rings (SSSR count). The first-order valence-electron chi connectivity index (χ1n) is 6.09. The highest BCUT2D eigenvalue weighted by atomic mass is 19.4. The Morgan fingerprint density at radius 2 is 1.68 bits per heavy atom. The summed E-state index contributed by atoms with van der Waals surface area (Å²) in [5.74, 6) is -0.467. The Bertz CT molecular complexity index is 901. The van der Waals surface area contributed by atoms with Gasteiger partial charge < -0.3 is 0 Å². The van der Waals surface area contributed by atoms with Gasteiger partial charge in [-0.05, 0) is 36.4 Å². The zero-order valence-electron chi connectivity index (χ0n) is 10.8. The Balaban J connectivity index is 2.26. The quantitative estimate of drug-likeness (QED) is 0.649. The standard InChI is InChI=1S/C14H7F4N3O/c15-9-3-1-8(2-4-9)10-5-6-12-19-13(22)7-11(14(16,17)18)21(12)20-10/h1-7H. The van der Waals surface area contributed by atoms with E-state index in [2.05, 4.69) is 10.1 Å². The Hall–Kier alpha value is -2.77. The number of hydrogen-bond donors (Lipinski definition) is 0. The van der Waals surface area contributed by atoms with Crippen LogP contribution in [0, 0.1) is 5.82 Å². The third-order valence-electron chi connectivity index (χ3n) is 2.96. The molecule has 0 amide bonds. The third kappa shape index (κ3) is 2.54. The summed E-state index contributed by atoms with van der Waals surface area (Å²) < 4.78 is 52.5. The minimum Gasteiger partial charge on any atom is -0.267 e. The number of aromatic nitrogens is 3. The number of nitrogens with zero attached hydrogens (tertiary/aromatic N) is 3. The Labute approximate surface area is 120 Å². The van der Waals surface area contributed by atoms with Crippen LogP contribution in [0.15, 0.2) is 47.3 Å². The zero-order valence-corrected chi connectivity index (χ0v) is 10.8. The van der Waals surface area contributed by atoms with Crippen LogP contribution >= 0.6 is 0 Å². The molecule has 0 unspecified atom stereocenters. The average molecular weight is 309 g/mol. The highest BCUT2D eigenvalue weighted by molar-refractivity contribution is 5.60. The molecule has 0 aliphatic carbocycles. The Morgan fingerprint density at radius 1 is 1.00 bits per heavy atom. The van der Waals surface area contributed by atoms with E-state index in [9.17, 15) is 22.4 Å². The smallest absolute Gasteiger partial charge is 0.267 e. The molecule has 4 nitrogen and oxygen atoms in total. The fourth-order valence-corrected chi connectivity index (χ4v) is 1.98. The molecule has 112 valence electrons. The number of fused-ring (bicyclic) bond motifs is 1. The average Bonchev–Trinajstić information content (AvgIpc) is 2.46. The predicted molar refractivity (Wildman–Crippen MR) is 69.7 cm³/mol. The first kappa shape index (κ1) is 14.2. The normalized spacial score (nSPS) is 11.8. The molecule has 1 aromatic carbocycles. The summed E-state index contributed by atoms with van der Waals surface area (Å²) in [6.45, 7) is 0. The van der Waals surface area contributed by atoms with Crippen molar-refractivity contribution in [3.8, 4) is 11.3 Å². The molecule has 0 saturated heterocycles. The van der Waals surface area contributed by atoms with E-state index >= 15 is 0 Å². The van der Waals surface area contributed by atoms with Gasteiger partial charge in [0.25, 0.3) is 5.56 Å². The second kappa shape index (κ2) is 4.90. The first-order chi connectivity index (χ1) is 10.3. The number of alkyl halides is 3. The van der Waals surface area contributed by atoms with Gasteiger partial charge in [-0.3, -0.25) is 4.79 Å². The van der Waals surface area contributed by atoms with Crippen molar-refractivity contribution in [1.29, 1.82) is 0 Å². The van der Waals surface area contributed by atoms with E-state index in [4.69, 9.17) is 0 Å². The van der Waals surface area contributed by atoms with Crippen LogP contribution in [0.3, 0.4) is 0 Å². The maximum absolute atomic E-state index is 13.0. The molecule has 0 fully saturated rings. The largest absolute Gasteiger partial charge is 0.433 e. The molecular formula is C14H7F4N3O. The second-order valence-corrected chi connectivity index (χ2v) is 4.47. The number of benzene rings is 1. The van der Waals surface area contributed by atoms with Gasteiger partial charge in [-0.1, -0.05) is 0 Å². The van der Waals surface area contributed by atoms with Crippen molar-refractivity contribution in [2.75, 3.05) is 0 Å². The van der Waals surface area contributed by atoms with Crippen LogP contribution in [0.4, 0.5) is 17.6 Å². The molecule has 0 atom stereocenters. The highest BCUT2D eigenvalue weighted by Gasteiger charge is 2.34. The van der Waals surface area contributed by atoms with Crippen LogP contribution < -0.4 is 5.56 Å². The van der Waals surface area contributed by atoms with Gasteiger partial charge in [-0.15, -0.1) is 0 Å². The van der Waals surface area contributed by atoms with Gasteiger partial charge in [-0.25, -0.2) is 8.91 Å². The van der Waals surface area contributed by atoms with Gasteiger partial charge in [0.1, 0.15) is 5.82 Å². The highest BCUT2D eigenvalue weighted by Crippen LogP contribution is 2.28. The molecule has 2 heterocycles. The van der Waals surface area contributed by atoms with Crippen molar-refractivity contribution in [2.24, 2.45) is 0 Å². The minimum atomic E-state index is -4.75. The number of hydrogen-bond acceptors (Lipinski definition) is 3. The lowest BCUT2D eigenvalue weighted by Gasteiger charge is -2.11. The van der Waals surface area contributed by atoms with E-state index in [1.807, 2.05) is 0 Å². The molecule has 2 aromatic heterocycles. The van der Waals surface area contributed by atoms with Gasteiger partial charge >= 0.3 is 6.18 Å². The van der Waals surface area contributed by atoms with Crippen molar-refractivity contribution in [3.05, 3.63) is 64.3 Å². The van der Waals surface area contributed by atoms with E-state index < -0.39 is 23.2 Å². The summed E-state index contributed by atoms with van der Waals surface area (Å²) in [5.41, 5.74) is -1.79. The lowest BCUT2D eigenvalue weighted by atomic mass is 10.1. The lowest BCUT2D eigenvalue weighted by molar-refractivity contribution is -0.142. The van der Waals surface area contributed by atoms with Crippen molar-refractivity contribution < 1.29 is 17.6 Å². The van der Waals surface area contributed by atoms with Gasteiger partial charge in [0.05, 0.1) is 5.69 Å². The fourth-order valence-electron chi connectivity index (χ4n) is 1.98. The van der Waals surface area contributed by atoms with Gasteiger partial charge in [0.2, 0.25) is 0 Å². The van der Waals surface area contributed by atoms with Crippen molar-refractivity contribution in [3.63, 3.8) is 0 Å². The van der Waals surface area contributed by atoms with Crippen LogP contribution in [0.1, 0.15) is 5.69 Å². The van der Waals surface area contributed by atoms with Crippen molar-refractivity contribution >= 4 is 5.65 Å². The molecule has 0 bridgehead atoms. The van der Waals surface area contributed by atoms with E-state index in [0.29, 0.717) is 16.1 Å². The summed E-state index contributed by atoms with van der Waals surface area (Å²) in [6.07, 6.45) is -4.75. The molecule has 3 aromatic rings. The topological polar surface area (TPSA) is 47.3 Å². The second-order valence-electron chi connectivity index (χ2n) is 4.47. The third-order valence-corrected chi connectivity index (χ3v) is 2.96. The van der Waals surface area contributed by atoms with Crippen molar-refractivity contribution in [2.45, 2.75) is 6.18 Å². The van der Waals surface area contributed by atoms with Crippen LogP contribution in [0.5, 0.6) is 0 Å². The molecule has 0 aliphatic heterocycles. The molecular weight excluding hydrogens is 302 g/mol. The molecule has 0 aliphatic rings. The van der Waals surface area contributed by atoms with Crippen LogP contribution in [0.25, 0.3) is 16.9 Å². The summed E-state index contributed by atoms with van der Waals surface area (Å²) in [7, 11) is 0. The van der Waals surface area contributed by atoms with Gasteiger partial charge in [0, 0.05) is 11.6 Å². The summed E-state index contributed by atoms with van der Waals surface area (Å²) in [6, 6.07) is 8.19. The van der Waals surface area contributed by atoms with Crippen LogP contribution in [-0.2, 0) is 6.18 Å². The predicted octanol–water partition coefficient (Wildman–Crippen LogP) is 2.91. The molecule has 22 heavy (non-hydrogen) atoms. The molecule has 0 saturated carbocycles. The van der Waals surface area contributed by atoms with E-state index in [1.54, 1.807) is 0 Å². The Kier molecular flexibility index (Phi) is 3.16. The first-order valence-corrected chi connectivity index (χ1v) is 6.09. The van der Waals surface area contributed by atoms with Gasteiger partial charge in [-0.2, -0.15) is 23.3 Å². The number of halogens is 4. The summed E-state index contributed by atoms with van der Waals surface area (Å²) in [4.78, 5) is 14.7. The summed E-state index contributed by atoms with van der Waals surface area (Å²) >= 11 is 0. The minimum absolute atomic E-state index is 0.198. The molecule has 0 N–H and O–H groups in total. The maximum atomic E-state index is 13.0. The maximum Gasteiger partial charge on any atom is 0.433 e. The molecule has 0 radical (unpaired) electrons. The van der Waals surface area contributed by atoms with Crippen LogP contribution in [-0.4, -0.2) is 14.6 Å². The number of rotatable bonds is 1. The van der Waals surface area contributed by atoms with Crippen molar-refractivity contribution in [1.82, 2.24) is 14.6 Å². The lowest BCUT2D eigenvalue weighted by Crippen LogP contribution is -2.20. The van der Waals surface area contributed by atoms with E-state index in [1.165, 1.54) is 36.4 Å². The van der Waals surface area contributed by atoms with E-state index in [0.717, 1.165) is 0 Å². The summed E-state index contributed by atoms with van der Waals surface area (Å²) in [5, 5.41) is 3.86.